The molecule has 0 unspecified atom stereocenters. The van der Waals surface area contributed by atoms with E-state index in [-0.39, 0.29) is 17.0 Å². The second-order valence-corrected chi connectivity index (χ2v) is 6.94. The summed E-state index contributed by atoms with van der Waals surface area (Å²) in [6, 6.07) is 16.4. The number of halogens is 1. The zero-order valence-corrected chi connectivity index (χ0v) is 14.9. The highest BCUT2D eigenvalue weighted by atomic mass is 35.5. The summed E-state index contributed by atoms with van der Waals surface area (Å²) in [5, 5.41) is 13.7. The lowest BCUT2D eigenvalue weighted by Gasteiger charge is -2.04. The van der Waals surface area contributed by atoms with Gasteiger partial charge in [-0.1, -0.05) is 29.3 Å². The minimum Gasteiger partial charge on any atom is -0.396 e. The van der Waals surface area contributed by atoms with Gasteiger partial charge in [-0.25, -0.2) is 0 Å². The van der Waals surface area contributed by atoms with Crippen LogP contribution in [0.1, 0.15) is 26.4 Å². The van der Waals surface area contributed by atoms with E-state index in [1.165, 1.54) is 11.3 Å². The van der Waals surface area contributed by atoms with Crippen LogP contribution in [0.3, 0.4) is 0 Å². The van der Waals surface area contributed by atoms with Crippen LogP contribution < -0.4 is 11.1 Å². The minimum absolute atomic E-state index is 0.196. The summed E-state index contributed by atoms with van der Waals surface area (Å²) in [5.41, 5.74) is 8.98. The molecule has 0 radical (unpaired) electrons. The van der Waals surface area contributed by atoms with Crippen molar-refractivity contribution in [1.29, 1.82) is 5.26 Å². The molecule has 0 aliphatic carbocycles. The third-order valence-corrected chi connectivity index (χ3v) is 5.05. The van der Waals surface area contributed by atoms with Crippen LogP contribution in [-0.4, -0.2) is 5.78 Å². The molecule has 4 nitrogen and oxygen atoms in total. The van der Waals surface area contributed by atoms with Gasteiger partial charge in [-0.2, -0.15) is 5.26 Å². The normalized spacial score (nSPS) is 10.3. The Morgan fingerprint density at radius 3 is 2.40 bits per heavy atom. The smallest absolute Gasteiger partial charge is 0.205 e. The zero-order valence-electron chi connectivity index (χ0n) is 13.3. The number of aryl methyl sites for hydroxylation is 1. The number of carbonyl (C=O) groups is 1. The monoisotopic (exact) mass is 367 g/mol. The Morgan fingerprint density at radius 2 is 1.80 bits per heavy atom. The fourth-order valence-electron chi connectivity index (χ4n) is 2.31. The molecule has 0 aliphatic heterocycles. The summed E-state index contributed by atoms with van der Waals surface area (Å²) in [6.45, 7) is 2.00. The summed E-state index contributed by atoms with van der Waals surface area (Å²) in [6.07, 6.45) is 0. The van der Waals surface area contributed by atoms with Crippen molar-refractivity contribution < 1.29 is 4.79 Å². The first-order valence-corrected chi connectivity index (χ1v) is 8.65. The molecule has 0 atom stereocenters. The Bertz CT molecular complexity index is 970. The van der Waals surface area contributed by atoms with Gasteiger partial charge in [0.05, 0.1) is 5.69 Å². The standard InChI is InChI=1S/C19H14ClN3OS/c1-11-2-8-14(9-3-11)23-19-15(10-21)16(22)18(25-19)17(24)12-4-6-13(20)7-5-12/h2-9,23H,22H2,1H3. The molecule has 1 aromatic heterocycles. The van der Waals surface area contributed by atoms with Crippen molar-refractivity contribution in [3.05, 3.63) is 75.1 Å². The maximum Gasteiger partial charge on any atom is 0.205 e. The zero-order chi connectivity index (χ0) is 18.0. The highest BCUT2D eigenvalue weighted by Gasteiger charge is 2.22. The van der Waals surface area contributed by atoms with Gasteiger partial charge in [0, 0.05) is 16.3 Å². The Morgan fingerprint density at radius 1 is 1.16 bits per heavy atom. The van der Waals surface area contributed by atoms with E-state index in [9.17, 15) is 10.1 Å². The number of nitrogens with one attached hydrogen (secondary N) is 1. The number of nitriles is 1. The summed E-state index contributed by atoms with van der Waals surface area (Å²) in [4.78, 5) is 13.0. The lowest BCUT2D eigenvalue weighted by Crippen LogP contribution is -2.02. The topological polar surface area (TPSA) is 78.9 Å². The van der Waals surface area contributed by atoms with Crippen molar-refractivity contribution in [2.24, 2.45) is 0 Å². The fraction of sp³-hybridized carbons (Fsp3) is 0.0526. The van der Waals surface area contributed by atoms with E-state index in [2.05, 4.69) is 11.4 Å². The average Bonchev–Trinajstić information content (AvgIpc) is 2.92. The van der Waals surface area contributed by atoms with E-state index in [0.29, 0.717) is 20.5 Å². The Balaban J connectivity index is 1.97. The Kier molecular flexibility index (Phi) is 4.75. The molecule has 1 heterocycles. The lowest BCUT2D eigenvalue weighted by molar-refractivity contribution is 0.104. The van der Waals surface area contributed by atoms with Gasteiger partial charge in [0.25, 0.3) is 0 Å². The molecule has 3 rings (SSSR count). The van der Waals surface area contributed by atoms with Crippen molar-refractivity contribution in [2.45, 2.75) is 6.92 Å². The first kappa shape index (κ1) is 17.0. The fourth-order valence-corrected chi connectivity index (χ4v) is 3.49. The van der Waals surface area contributed by atoms with Crippen molar-refractivity contribution in [3.63, 3.8) is 0 Å². The number of hydrogen-bond donors (Lipinski definition) is 2. The number of hydrogen-bond acceptors (Lipinski definition) is 5. The van der Waals surface area contributed by atoms with E-state index in [1.54, 1.807) is 24.3 Å². The second-order valence-electron chi connectivity index (χ2n) is 5.49. The molecule has 0 saturated carbocycles. The predicted molar refractivity (Wildman–Crippen MR) is 103 cm³/mol. The number of benzene rings is 2. The highest BCUT2D eigenvalue weighted by Crippen LogP contribution is 2.38. The van der Waals surface area contributed by atoms with E-state index in [4.69, 9.17) is 17.3 Å². The van der Waals surface area contributed by atoms with Gasteiger partial charge in [-0.15, -0.1) is 11.3 Å². The highest BCUT2D eigenvalue weighted by molar-refractivity contribution is 7.19. The van der Waals surface area contributed by atoms with Crippen LogP contribution in [0.25, 0.3) is 0 Å². The lowest BCUT2D eigenvalue weighted by atomic mass is 10.1. The van der Waals surface area contributed by atoms with Crippen LogP contribution in [0.5, 0.6) is 0 Å². The van der Waals surface area contributed by atoms with Crippen LogP contribution in [0, 0.1) is 18.3 Å². The molecular weight excluding hydrogens is 354 g/mol. The van der Waals surface area contributed by atoms with E-state index in [1.807, 2.05) is 31.2 Å². The summed E-state index contributed by atoms with van der Waals surface area (Å²) in [5.74, 6) is -0.229. The van der Waals surface area contributed by atoms with Crippen LogP contribution in [-0.2, 0) is 0 Å². The van der Waals surface area contributed by atoms with Gasteiger partial charge in [-0.3, -0.25) is 4.79 Å². The van der Waals surface area contributed by atoms with E-state index in [0.717, 1.165) is 11.3 Å². The third kappa shape index (κ3) is 3.50. The number of anilines is 3. The maximum atomic E-state index is 12.7. The van der Waals surface area contributed by atoms with Crippen LogP contribution in [0.2, 0.25) is 5.02 Å². The van der Waals surface area contributed by atoms with Crippen LogP contribution >= 0.6 is 22.9 Å². The van der Waals surface area contributed by atoms with Crippen molar-refractivity contribution in [2.75, 3.05) is 11.1 Å². The number of ketones is 1. The molecule has 0 fully saturated rings. The van der Waals surface area contributed by atoms with Crippen molar-refractivity contribution in [3.8, 4) is 6.07 Å². The molecule has 0 spiro atoms. The molecular formula is C19H14ClN3OS. The molecule has 6 heteroatoms. The van der Waals surface area contributed by atoms with Gasteiger partial charge in [0.1, 0.15) is 21.5 Å². The Hall–Kier alpha value is -2.81. The molecule has 2 aromatic carbocycles. The largest absolute Gasteiger partial charge is 0.396 e. The molecule has 3 N–H and O–H groups in total. The quantitative estimate of drug-likeness (QED) is 0.626. The second kappa shape index (κ2) is 6.98. The molecule has 0 bridgehead atoms. The molecule has 0 saturated heterocycles. The predicted octanol–water partition coefficient (Wildman–Crippen LogP) is 5.14. The van der Waals surface area contributed by atoms with E-state index < -0.39 is 0 Å². The number of carbonyl (C=O) groups excluding carboxylic acids is 1. The average molecular weight is 368 g/mol. The van der Waals surface area contributed by atoms with Gasteiger partial charge in [0.15, 0.2) is 0 Å². The van der Waals surface area contributed by atoms with Gasteiger partial charge >= 0.3 is 0 Å². The van der Waals surface area contributed by atoms with Crippen LogP contribution in [0.15, 0.2) is 48.5 Å². The Labute approximate surface area is 154 Å². The number of nitrogens with zero attached hydrogens (tertiary/aromatic N) is 1. The van der Waals surface area contributed by atoms with Crippen molar-refractivity contribution >= 4 is 45.1 Å². The van der Waals surface area contributed by atoms with Gasteiger partial charge in [0.2, 0.25) is 5.78 Å². The number of nitrogens with two attached hydrogens (primary N) is 1. The van der Waals surface area contributed by atoms with Crippen molar-refractivity contribution in [1.82, 2.24) is 0 Å². The first-order chi connectivity index (χ1) is 12.0. The molecule has 0 aliphatic rings. The number of nitrogen functional groups attached to an aromatic ring is 1. The summed E-state index contributed by atoms with van der Waals surface area (Å²) < 4.78 is 0. The number of rotatable bonds is 4. The SMILES string of the molecule is Cc1ccc(Nc2sc(C(=O)c3ccc(Cl)cc3)c(N)c2C#N)cc1. The molecule has 25 heavy (non-hydrogen) atoms. The molecule has 3 aromatic rings. The first-order valence-electron chi connectivity index (χ1n) is 7.46. The molecule has 124 valence electrons. The van der Waals surface area contributed by atoms with Gasteiger partial charge in [-0.05, 0) is 43.3 Å². The summed E-state index contributed by atoms with van der Waals surface area (Å²) >= 11 is 7.04. The third-order valence-electron chi connectivity index (χ3n) is 3.68. The van der Waals surface area contributed by atoms with Gasteiger partial charge < -0.3 is 11.1 Å². The minimum atomic E-state index is -0.229. The van der Waals surface area contributed by atoms with E-state index >= 15 is 0 Å². The maximum absolute atomic E-state index is 12.7. The molecule has 0 amide bonds. The summed E-state index contributed by atoms with van der Waals surface area (Å²) in [7, 11) is 0. The number of thiophene rings is 1. The van der Waals surface area contributed by atoms with Crippen LogP contribution in [0.4, 0.5) is 16.4 Å².